The van der Waals surface area contributed by atoms with E-state index in [0.717, 1.165) is 105 Å². The van der Waals surface area contributed by atoms with Gasteiger partial charge in [-0.15, -0.1) is 0 Å². The predicted molar refractivity (Wildman–Crippen MR) is 161 cm³/mol. The van der Waals surface area contributed by atoms with Gasteiger partial charge in [0.25, 0.3) is 0 Å². The maximum atomic E-state index is 5.96. The van der Waals surface area contributed by atoms with Crippen LogP contribution in [0.4, 0.5) is 0 Å². The van der Waals surface area contributed by atoms with Crippen molar-refractivity contribution >= 4 is 24.3 Å². The molecule has 9 heteroatoms. The number of ether oxygens (including phenoxy) is 5. The number of morpholine rings is 2. The van der Waals surface area contributed by atoms with Gasteiger partial charge in [-0.05, 0) is 54.1 Å². The van der Waals surface area contributed by atoms with Crippen molar-refractivity contribution < 1.29 is 23.7 Å². The minimum Gasteiger partial charge on any atom is -0.496 e. The molecule has 0 amide bonds. The number of aromatic amines is 1. The topological polar surface area (TPSA) is 81.3 Å². The Morgan fingerprint density at radius 2 is 1.39 bits per heavy atom. The third-order valence-corrected chi connectivity index (χ3v) is 7.15. The van der Waals surface area contributed by atoms with Gasteiger partial charge in [-0.1, -0.05) is 18.2 Å². The molecule has 218 valence electrons. The molecule has 2 aliphatic heterocycles. The van der Waals surface area contributed by atoms with Crippen molar-refractivity contribution in [3.8, 4) is 17.2 Å². The van der Waals surface area contributed by atoms with E-state index < -0.39 is 0 Å². The molecule has 0 saturated carbocycles. The molecule has 1 N–H and O–H groups in total. The molecule has 5 rings (SSSR count). The SMILES string of the molecule is COc1cc(OCCN2CCOCC2)ccc1/C=C/c1cc(/C=C/c2ccc(OCCN3CCOCC3)cc2)n[nH]1. The first-order valence-electron chi connectivity index (χ1n) is 14.3. The van der Waals surface area contributed by atoms with Gasteiger partial charge in [-0.2, -0.15) is 5.10 Å². The van der Waals surface area contributed by atoms with Crippen molar-refractivity contribution in [1.82, 2.24) is 20.0 Å². The van der Waals surface area contributed by atoms with Crippen LogP contribution in [0.1, 0.15) is 22.5 Å². The van der Waals surface area contributed by atoms with Gasteiger partial charge in [0.15, 0.2) is 0 Å². The molecular weight excluding hydrogens is 520 g/mol. The summed E-state index contributed by atoms with van der Waals surface area (Å²) in [6.45, 7) is 10.2. The van der Waals surface area contributed by atoms with Crippen LogP contribution < -0.4 is 14.2 Å². The smallest absolute Gasteiger partial charge is 0.129 e. The zero-order chi connectivity index (χ0) is 28.1. The molecule has 2 saturated heterocycles. The lowest BCUT2D eigenvalue weighted by molar-refractivity contribution is 0.0321. The molecule has 3 heterocycles. The van der Waals surface area contributed by atoms with E-state index >= 15 is 0 Å². The van der Waals surface area contributed by atoms with E-state index in [1.54, 1.807) is 7.11 Å². The number of hydrogen-bond acceptors (Lipinski definition) is 8. The molecule has 9 nitrogen and oxygen atoms in total. The molecule has 0 bridgehead atoms. The zero-order valence-electron chi connectivity index (χ0n) is 23.8. The zero-order valence-corrected chi connectivity index (χ0v) is 23.8. The Balaban J connectivity index is 1.08. The molecule has 0 aliphatic carbocycles. The summed E-state index contributed by atoms with van der Waals surface area (Å²) >= 11 is 0. The van der Waals surface area contributed by atoms with Gasteiger partial charge in [0.05, 0.1) is 44.9 Å². The number of rotatable bonds is 13. The van der Waals surface area contributed by atoms with E-state index in [0.29, 0.717) is 13.2 Å². The van der Waals surface area contributed by atoms with E-state index in [1.165, 1.54) is 0 Å². The highest BCUT2D eigenvalue weighted by Gasteiger charge is 2.11. The van der Waals surface area contributed by atoms with Gasteiger partial charge in [0, 0.05) is 50.9 Å². The first kappa shape index (κ1) is 28.9. The Hall–Kier alpha value is -3.63. The largest absolute Gasteiger partial charge is 0.496 e. The van der Waals surface area contributed by atoms with Crippen LogP contribution in [0.15, 0.2) is 48.5 Å². The summed E-state index contributed by atoms with van der Waals surface area (Å²) in [4.78, 5) is 4.72. The fourth-order valence-electron chi connectivity index (χ4n) is 4.71. The Bertz CT molecular complexity index is 1260. The Labute approximate surface area is 242 Å². The van der Waals surface area contributed by atoms with E-state index in [2.05, 4.69) is 32.1 Å². The van der Waals surface area contributed by atoms with Crippen LogP contribution >= 0.6 is 0 Å². The quantitative estimate of drug-likeness (QED) is 0.334. The predicted octanol–water partition coefficient (Wildman–Crippen LogP) is 4.18. The first-order chi connectivity index (χ1) is 20.2. The Kier molecular flexibility index (Phi) is 10.8. The summed E-state index contributed by atoms with van der Waals surface area (Å²) in [6, 6.07) is 16.0. The third kappa shape index (κ3) is 9.19. The maximum absolute atomic E-state index is 5.96. The minimum atomic E-state index is 0.635. The van der Waals surface area contributed by atoms with Crippen LogP contribution in [0.2, 0.25) is 0 Å². The Morgan fingerprint density at radius 1 is 0.756 bits per heavy atom. The molecule has 0 spiro atoms. The fourth-order valence-corrected chi connectivity index (χ4v) is 4.71. The van der Waals surface area contributed by atoms with Crippen LogP contribution in [0.25, 0.3) is 24.3 Å². The fraction of sp³-hybridized carbons (Fsp3) is 0.406. The average molecular weight is 561 g/mol. The lowest BCUT2D eigenvalue weighted by Gasteiger charge is -2.26. The van der Waals surface area contributed by atoms with Gasteiger partial charge in [0.2, 0.25) is 0 Å². The number of aromatic nitrogens is 2. The molecule has 2 aromatic carbocycles. The highest BCUT2D eigenvalue weighted by Crippen LogP contribution is 2.26. The minimum absolute atomic E-state index is 0.635. The van der Waals surface area contributed by atoms with Crippen molar-refractivity contribution in [2.45, 2.75) is 0 Å². The molecule has 3 aromatic rings. The molecule has 2 aliphatic rings. The van der Waals surface area contributed by atoms with E-state index in [9.17, 15) is 0 Å². The normalized spacial score (nSPS) is 16.9. The number of hydrogen-bond donors (Lipinski definition) is 1. The number of H-pyrrole nitrogens is 1. The number of methoxy groups -OCH3 is 1. The summed E-state index contributed by atoms with van der Waals surface area (Å²) in [5.74, 6) is 2.44. The molecule has 1 aromatic heterocycles. The molecular formula is C32H40N4O5. The third-order valence-electron chi connectivity index (χ3n) is 7.15. The summed E-state index contributed by atoms with van der Waals surface area (Å²) in [6.07, 6.45) is 8.03. The second kappa shape index (κ2) is 15.4. The lowest BCUT2D eigenvalue weighted by atomic mass is 10.1. The number of nitrogens with zero attached hydrogens (tertiary/aromatic N) is 3. The molecule has 41 heavy (non-hydrogen) atoms. The monoisotopic (exact) mass is 560 g/mol. The van der Waals surface area contributed by atoms with E-state index in [4.69, 9.17) is 23.7 Å². The van der Waals surface area contributed by atoms with Gasteiger partial charge in [0.1, 0.15) is 30.5 Å². The van der Waals surface area contributed by atoms with Crippen LogP contribution in [0, 0.1) is 0 Å². The average Bonchev–Trinajstić information content (AvgIpc) is 3.49. The summed E-state index contributed by atoms with van der Waals surface area (Å²) in [7, 11) is 1.67. The van der Waals surface area contributed by atoms with E-state index in [-0.39, 0.29) is 0 Å². The van der Waals surface area contributed by atoms with Crippen LogP contribution in [0.5, 0.6) is 17.2 Å². The van der Waals surface area contributed by atoms with Crippen molar-refractivity contribution in [1.29, 1.82) is 0 Å². The highest BCUT2D eigenvalue weighted by molar-refractivity contribution is 5.74. The molecule has 2 fully saturated rings. The second-order valence-corrected chi connectivity index (χ2v) is 9.99. The maximum Gasteiger partial charge on any atom is 0.129 e. The van der Waals surface area contributed by atoms with Crippen molar-refractivity contribution in [3.63, 3.8) is 0 Å². The van der Waals surface area contributed by atoms with Gasteiger partial charge < -0.3 is 23.7 Å². The van der Waals surface area contributed by atoms with Gasteiger partial charge >= 0.3 is 0 Å². The molecule has 0 unspecified atom stereocenters. The van der Waals surface area contributed by atoms with Gasteiger partial charge in [-0.25, -0.2) is 0 Å². The van der Waals surface area contributed by atoms with Crippen LogP contribution in [0.3, 0.4) is 0 Å². The first-order valence-corrected chi connectivity index (χ1v) is 14.3. The summed E-state index contributed by atoms with van der Waals surface area (Å²) in [5, 5.41) is 7.49. The second-order valence-electron chi connectivity index (χ2n) is 9.99. The highest BCUT2D eigenvalue weighted by atomic mass is 16.5. The van der Waals surface area contributed by atoms with Crippen molar-refractivity contribution in [2.24, 2.45) is 0 Å². The van der Waals surface area contributed by atoms with Gasteiger partial charge in [-0.3, -0.25) is 14.9 Å². The molecule has 0 radical (unpaired) electrons. The lowest BCUT2D eigenvalue weighted by Crippen LogP contribution is -2.38. The summed E-state index contributed by atoms with van der Waals surface area (Å²) in [5.41, 5.74) is 3.81. The molecule has 0 atom stereocenters. The van der Waals surface area contributed by atoms with Crippen molar-refractivity contribution in [2.75, 3.05) is 86.0 Å². The number of nitrogens with one attached hydrogen (secondary N) is 1. The Morgan fingerprint density at radius 3 is 2.05 bits per heavy atom. The number of benzene rings is 2. The van der Waals surface area contributed by atoms with Crippen LogP contribution in [-0.2, 0) is 9.47 Å². The summed E-state index contributed by atoms with van der Waals surface area (Å²) < 4.78 is 28.3. The van der Waals surface area contributed by atoms with Crippen molar-refractivity contribution in [3.05, 3.63) is 71.0 Å². The van der Waals surface area contributed by atoms with Crippen LogP contribution in [-0.4, -0.2) is 106 Å². The van der Waals surface area contributed by atoms with E-state index in [1.807, 2.05) is 60.7 Å². The standard InChI is InChI=1S/C32H40N4O5/c1-37-32-25-31(41-23-17-36-14-20-39-21-15-36)11-6-27(32)5-8-29-24-28(33-34-29)7-2-26-3-9-30(10-4-26)40-22-16-35-12-18-38-19-13-35/h2-11,24-25H,12-23H2,1H3,(H,33,34)/b7-2+,8-5+.